The quantitative estimate of drug-likeness (QED) is 0.405. The Morgan fingerprint density at radius 1 is 0.909 bits per heavy atom. The first-order valence-electron chi connectivity index (χ1n) is 10.3. The first-order chi connectivity index (χ1) is 16.0. The number of aromatic nitrogens is 1. The van der Waals surface area contributed by atoms with Crippen LogP contribution in [0.3, 0.4) is 0 Å². The summed E-state index contributed by atoms with van der Waals surface area (Å²) in [7, 11) is 3.09. The van der Waals surface area contributed by atoms with Gasteiger partial charge >= 0.3 is 0 Å². The molecule has 1 heterocycles. The van der Waals surface area contributed by atoms with Gasteiger partial charge in [0.05, 0.1) is 44.0 Å². The van der Waals surface area contributed by atoms with E-state index in [4.69, 9.17) is 19.9 Å². The maximum Gasteiger partial charge on any atom is 0.259 e. The van der Waals surface area contributed by atoms with E-state index in [0.29, 0.717) is 59.3 Å². The molecule has 2 aromatic carbocycles. The van der Waals surface area contributed by atoms with Gasteiger partial charge in [0.25, 0.3) is 11.8 Å². The Balaban J connectivity index is 1.78. The molecule has 172 valence electrons. The minimum Gasteiger partial charge on any atom is -0.497 e. The van der Waals surface area contributed by atoms with Gasteiger partial charge in [-0.3, -0.25) is 14.6 Å². The van der Waals surface area contributed by atoms with Crippen molar-refractivity contribution in [2.24, 2.45) is 5.73 Å². The van der Waals surface area contributed by atoms with Crippen LogP contribution in [0.15, 0.2) is 60.9 Å². The van der Waals surface area contributed by atoms with Crippen LogP contribution >= 0.6 is 0 Å². The first-order valence-corrected chi connectivity index (χ1v) is 10.3. The van der Waals surface area contributed by atoms with Gasteiger partial charge in [0.2, 0.25) is 0 Å². The number of carbonyl (C=O) groups is 2. The average molecular weight is 450 g/mol. The zero-order valence-electron chi connectivity index (χ0n) is 18.5. The highest BCUT2D eigenvalue weighted by molar-refractivity contribution is 6.10. The smallest absolute Gasteiger partial charge is 0.259 e. The van der Waals surface area contributed by atoms with E-state index in [-0.39, 0.29) is 5.91 Å². The second-order valence-electron chi connectivity index (χ2n) is 6.91. The van der Waals surface area contributed by atoms with Crippen molar-refractivity contribution >= 4 is 23.2 Å². The van der Waals surface area contributed by atoms with Gasteiger partial charge in [0.1, 0.15) is 17.2 Å². The summed E-state index contributed by atoms with van der Waals surface area (Å²) in [6.45, 7) is 0.835. The highest BCUT2D eigenvalue weighted by Gasteiger charge is 2.17. The predicted molar refractivity (Wildman–Crippen MR) is 125 cm³/mol. The number of methoxy groups -OCH3 is 2. The molecule has 4 N–H and O–H groups in total. The molecule has 0 fully saturated rings. The number of nitrogens with zero attached hydrogens (tertiary/aromatic N) is 1. The van der Waals surface area contributed by atoms with E-state index in [9.17, 15) is 9.59 Å². The molecular formula is C24H26N4O5. The molecule has 0 atom stereocenters. The second kappa shape index (κ2) is 11.5. The Hall–Kier alpha value is -4.11. The number of hydrogen-bond acceptors (Lipinski definition) is 7. The molecule has 0 aliphatic heterocycles. The Bertz CT molecular complexity index is 1100. The van der Waals surface area contributed by atoms with Gasteiger partial charge in [-0.25, -0.2) is 0 Å². The Morgan fingerprint density at radius 2 is 1.61 bits per heavy atom. The number of anilines is 2. The Kier molecular flexibility index (Phi) is 8.20. The van der Waals surface area contributed by atoms with E-state index in [1.165, 1.54) is 19.5 Å². The molecule has 3 aromatic rings. The van der Waals surface area contributed by atoms with Crippen molar-refractivity contribution < 1.29 is 23.8 Å². The lowest BCUT2D eigenvalue weighted by Gasteiger charge is -2.15. The number of pyridine rings is 1. The maximum atomic E-state index is 13.0. The minimum atomic E-state index is -0.411. The fourth-order valence-corrected chi connectivity index (χ4v) is 2.93. The maximum absolute atomic E-state index is 13.0. The van der Waals surface area contributed by atoms with Crippen LogP contribution in [0.1, 0.15) is 27.1 Å². The van der Waals surface area contributed by atoms with Gasteiger partial charge in [0, 0.05) is 17.8 Å². The molecule has 33 heavy (non-hydrogen) atoms. The SMILES string of the molecule is COc1ccc(C(=O)Nc2cnccc2NC(=O)c2ccc(OC)cc2OCCCN)cc1. The van der Waals surface area contributed by atoms with E-state index in [2.05, 4.69) is 15.6 Å². The molecule has 2 amide bonds. The summed E-state index contributed by atoms with van der Waals surface area (Å²) in [4.78, 5) is 29.7. The summed E-state index contributed by atoms with van der Waals surface area (Å²) < 4.78 is 16.1. The summed E-state index contributed by atoms with van der Waals surface area (Å²) in [5.41, 5.74) is 7.02. The third kappa shape index (κ3) is 6.20. The number of ether oxygens (including phenoxy) is 3. The molecule has 9 nitrogen and oxygen atoms in total. The lowest BCUT2D eigenvalue weighted by Crippen LogP contribution is -2.18. The van der Waals surface area contributed by atoms with Crippen LogP contribution in [-0.2, 0) is 0 Å². The third-order valence-electron chi connectivity index (χ3n) is 4.71. The summed E-state index contributed by atoms with van der Waals surface area (Å²) >= 11 is 0. The molecular weight excluding hydrogens is 424 g/mol. The largest absolute Gasteiger partial charge is 0.497 e. The van der Waals surface area contributed by atoms with Crippen molar-refractivity contribution in [1.82, 2.24) is 4.98 Å². The number of nitrogens with two attached hydrogens (primary N) is 1. The van der Waals surface area contributed by atoms with Crippen molar-refractivity contribution in [3.63, 3.8) is 0 Å². The van der Waals surface area contributed by atoms with Gasteiger partial charge in [-0.2, -0.15) is 0 Å². The third-order valence-corrected chi connectivity index (χ3v) is 4.71. The number of carbonyl (C=O) groups excluding carboxylic acids is 2. The Labute approximate surface area is 191 Å². The highest BCUT2D eigenvalue weighted by atomic mass is 16.5. The van der Waals surface area contributed by atoms with E-state index in [0.717, 1.165) is 0 Å². The fraction of sp³-hybridized carbons (Fsp3) is 0.208. The average Bonchev–Trinajstić information content (AvgIpc) is 2.85. The van der Waals surface area contributed by atoms with E-state index >= 15 is 0 Å². The van der Waals surface area contributed by atoms with E-state index in [1.54, 1.807) is 55.6 Å². The molecule has 0 spiro atoms. The van der Waals surface area contributed by atoms with Gasteiger partial charge in [-0.15, -0.1) is 0 Å². The fourth-order valence-electron chi connectivity index (χ4n) is 2.93. The van der Waals surface area contributed by atoms with Crippen molar-refractivity contribution in [2.45, 2.75) is 6.42 Å². The normalized spacial score (nSPS) is 10.3. The second-order valence-corrected chi connectivity index (χ2v) is 6.91. The highest BCUT2D eigenvalue weighted by Crippen LogP contribution is 2.28. The van der Waals surface area contributed by atoms with Crippen molar-refractivity contribution in [2.75, 3.05) is 38.0 Å². The molecule has 0 unspecified atom stereocenters. The number of rotatable bonds is 10. The topological polar surface area (TPSA) is 125 Å². The molecule has 0 saturated carbocycles. The zero-order chi connectivity index (χ0) is 23.6. The molecule has 0 bridgehead atoms. The molecule has 0 radical (unpaired) electrons. The lowest BCUT2D eigenvalue weighted by molar-refractivity contribution is 0.101. The van der Waals surface area contributed by atoms with Crippen LogP contribution in [0.5, 0.6) is 17.2 Å². The molecule has 0 aliphatic carbocycles. The van der Waals surface area contributed by atoms with Crippen LogP contribution in [0, 0.1) is 0 Å². The molecule has 0 aliphatic rings. The summed E-state index contributed by atoms with van der Waals surface area (Å²) in [5, 5.41) is 5.58. The number of amides is 2. The first kappa shape index (κ1) is 23.6. The molecule has 0 saturated heterocycles. The van der Waals surface area contributed by atoms with Gasteiger partial charge in [-0.1, -0.05) is 0 Å². The molecule has 3 rings (SSSR count). The van der Waals surface area contributed by atoms with Crippen LogP contribution in [0.4, 0.5) is 11.4 Å². The number of benzene rings is 2. The van der Waals surface area contributed by atoms with Gasteiger partial charge in [-0.05, 0) is 55.4 Å². The van der Waals surface area contributed by atoms with Crippen molar-refractivity contribution in [3.05, 3.63) is 72.1 Å². The Morgan fingerprint density at radius 3 is 2.30 bits per heavy atom. The lowest BCUT2D eigenvalue weighted by atomic mass is 10.1. The summed E-state index contributed by atoms with van der Waals surface area (Å²) in [5.74, 6) is 0.816. The van der Waals surface area contributed by atoms with E-state index < -0.39 is 5.91 Å². The predicted octanol–water partition coefficient (Wildman–Crippen LogP) is 3.33. The number of nitrogens with one attached hydrogen (secondary N) is 2. The van der Waals surface area contributed by atoms with Crippen LogP contribution in [0.25, 0.3) is 0 Å². The van der Waals surface area contributed by atoms with Crippen LogP contribution in [0.2, 0.25) is 0 Å². The van der Waals surface area contributed by atoms with Crippen LogP contribution in [-0.4, -0.2) is 44.2 Å². The standard InChI is InChI=1S/C24H26N4O5/c1-31-17-6-4-16(5-7-17)23(29)28-21-15-26-12-10-20(21)27-24(30)19-9-8-18(32-2)14-22(19)33-13-3-11-25/h4-10,12,14-15H,3,11,13,25H2,1-2H3,(H,28,29)(H,26,27,30). The van der Waals surface area contributed by atoms with Gasteiger partial charge in [0.15, 0.2) is 0 Å². The van der Waals surface area contributed by atoms with Crippen molar-refractivity contribution in [3.8, 4) is 17.2 Å². The molecule has 1 aromatic heterocycles. The minimum absolute atomic E-state index is 0.317. The van der Waals surface area contributed by atoms with Crippen LogP contribution < -0.4 is 30.6 Å². The molecule has 9 heteroatoms. The van der Waals surface area contributed by atoms with Crippen molar-refractivity contribution in [1.29, 1.82) is 0 Å². The summed E-state index contributed by atoms with van der Waals surface area (Å²) in [6.07, 6.45) is 3.62. The van der Waals surface area contributed by atoms with Gasteiger partial charge < -0.3 is 30.6 Å². The van der Waals surface area contributed by atoms with E-state index in [1.807, 2.05) is 0 Å². The zero-order valence-corrected chi connectivity index (χ0v) is 18.5. The monoisotopic (exact) mass is 450 g/mol. The number of hydrogen-bond donors (Lipinski definition) is 3. The summed E-state index contributed by atoms with van der Waals surface area (Å²) in [6, 6.07) is 13.2.